The number of likely N-dealkylation sites (N-methyl/N-ethyl adjacent to an activating group) is 1. The molecule has 0 radical (unpaired) electrons. The molecule has 110 valence electrons. The number of carbonyl (C=O) groups excluding carboxylic acids is 2. The highest BCUT2D eigenvalue weighted by Gasteiger charge is 2.43. The molecule has 5 heteroatoms. The Balaban J connectivity index is 2.80. The third kappa shape index (κ3) is 3.26. The van der Waals surface area contributed by atoms with Crippen molar-refractivity contribution >= 4 is 11.8 Å². The minimum atomic E-state index is -0.776. The van der Waals surface area contributed by atoms with Gasteiger partial charge in [-0.3, -0.25) is 9.59 Å². The number of rotatable bonds is 2. The maximum Gasteiger partial charge on any atom is 0.247 e. The van der Waals surface area contributed by atoms with Crippen LogP contribution in [-0.2, 0) is 9.59 Å². The van der Waals surface area contributed by atoms with E-state index in [4.69, 9.17) is 5.73 Å². The highest BCUT2D eigenvalue weighted by Crippen LogP contribution is 2.25. The number of nitrogens with zero attached hydrogens (tertiary/aromatic N) is 2. The molecule has 1 rings (SSSR count). The zero-order chi connectivity index (χ0) is 15.0. The Hall–Kier alpha value is -1.10. The molecule has 0 aliphatic carbocycles. The summed E-state index contributed by atoms with van der Waals surface area (Å²) < 4.78 is 0. The van der Waals surface area contributed by atoms with Gasteiger partial charge < -0.3 is 15.5 Å². The highest BCUT2D eigenvalue weighted by molar-refractivity contribution is 5.91. The van der Waals surface area contributed by atoms with E-state index < -0.39 is 5.54 Å². The first-order valence-electron chi connectivity index (χ1n) is 6.79. The smallest absolute Gasteiger partial charge is 0.247 e. The van der Waals surface area contributed by atoms with Gasteiger partial charge in [0.1, 0.15) is 5.54 Å². The van der Waals surface area contributed by atoms with Gasteiger partial charge in [0.25, 0.3) is 0 Å². The number of piperazine rings is 1. The van der Waals surface area contributed by atoms with E-state index in [0.717, 1.165) is 0 Å². The SMILES string of the molecule is CN1CCN(C(=O)CC(N)C(C)(C)C)C(C)(C)C1=O. The fraction of sp³-hybridized carbons (Fsp3) is 0.857. The highest BCUT2D eigenvalue weighted by atomic mass is 16.2. The van der Waals surface area contributed by atoms with E-state index in [1.165, 1.54) is 0 Å². The van der Waals surface area contributed by atoms with Gasteiger partial charge in [-0.15, -0.1) is 0 Å². The Morgan fingerprint density at radius 1 is 1.37 bits per heavy atom. The monoisotopic (exact) mass is 269 g/mol. The third-order valence-corrected chi connectivity index (χ3v) is 4.01. The Labute approximate surface area is 116 Å². The molecule has 0 bridgehead atoms. The molecule has 2 N–H and O–H groups in total. The van der Waals surface area contributed by atoms with Crippen LogP contribution in [0.1, 0.15) is 41.0 Å². The number of amides is 2. The summed E-state index contributed by atoms with van der Waals surface area (Å²) in [6.07, 6.45) is 0.282. The van der Waals surface area contributed by atoms with Crippen LogP contribution in [0.4, 0.5) is 0 Å². The van der Waals surface area contributed by atoms with Gasteiger partial charge in [-0.05, 0) is 19.3 Å². The molecule has 1 fully saturated rings. The van der Waals surface area contributed by atoms with Crippen LogP contribution in [0.2, 0.25) is 0 Å². The molecule has 1 aliphatic rings. The molecule has 1 unspecified atom stereocenters. The number of hydrogen-bond acceptors (Lipinski definition) is 3. The van der Waals surface area contributed by atoms with Gasteiger partial charge >= 0.3 is 0 Å². The molecular weight excluding hydrogens is 242 g/mol. The average Bonchev–Trinajstić information content (AvgIpc) is 2.24. The van der Waals surface area contributed by atoms with Crippen LogP contribution in [0, 0.1) is 5.41 Å². The molecule has 1 saturated heterocycles. The topological polar surface area (TPSA) is 66.6 Å². The maximum absolute atomic E-state index is 12.4. The van der Waals surface area contributed by atoms with Gasteiger partial charge in [0.05, 0.1) is 0 Å². The minimum Gasteiger partial charge on any atom is -0.342 e. The van der Waals surface area contributed by atoms with Crippen molar-refractivity contribution in [2.24, 2.45) is 11.1 Å². The van der Waals surface area contributed by atoms with Crippen LogP contribution in [0.15, 0.2) is 0 Å². The second-order valence-electron chi connectivity index (χ2n) is 7.01. The van der Waals surface area contributed by atoms with E-state index in [9.17, 15) is 9.59 Å². The largest absolute Gasteiger partial charge is 0.342 e. The van der Waals surface area contributed by atoms with Crippen molar-refractivity contribution in [1.82, 2.24) is 9.80 Å². The first kappa shape index (κ1) is 16.0. The Kier molecular flexibility index (Phi) is 4.30. The number of carbonyl (C=O) groups is 2. The van der Waals surface area contributed by atoms with Crippen LogP contribution in [0.3, 0.4) is 0 Å². The van der Waals surface area contributed by atoms with E-state index in [1.807, 2.05) is 20.8 Å². The average molecular weight is 269 g/mol. The Morgan fingerprint density at radius 2 is 1.89 bits per heavy atom. The van der Waals surface area contributed by atoms with Gasteiger partial charge in [0.15, 0.2) is 0 Å². The minimum absolute atomic E-state index is 0.0172. The summed E-state index contributed by atoms with van der Waals surface area (Å²) in [4.78, 5) is 27.9. The quantitative estimate of drug-likeness (QED) is 0.807. The summed E-state index contributed by atoms with van der Waals surface area (Å²) in [7, 11) is 1.77. The van der Waals surface area contributed by atoms with Crippen LogP contribution in [0.5, 0.6) is 0 Å². The molecule has 2 amide bonds. The van der Waals surface area contributed by atoms with Crippen molar-refractivity contribution in [3.63, 3.8) is 0 Å². The van der Waals surface area contributed by atoms with E-state index in [0.29, 0.717) is 13.1 Å². The van der Waals surface area contributed by atoms with Crippen molar-refractivity contribution in [2.75, 3.05) is 20.1 Å². The summed E-state index contributed by atoms with van der Waals surface area (Å²) >= 11 is 0. The lowest BCUT2D eigenvalue weighted by Crippen LogP contribution is -2.64. The van der Waals surface area contributed by atoms with Crippen molar-refractivity contribution in [2.45, 2.75) is 52.6 Å². The summed E-state index contributed by atoms with van der Waals surface area (Å²) in [5.41, 5.74) is 5.18. The molecule has 0 saturated carbocycles. The number of nitrogens with two attached hydrogens (primary N) is 1. The van der Waals surface area contributed by atoms with Crippen LogP contribution in [0.25, 0.3) is 0 Å². The van der Waals surface area contributed by atoms with Crippen LogP contribution in [-0.4, -0.2) is 53.3 Å². The molecule has 1 aliphatic heterocycles. The number of hydrogen-bond donors (Lipinski definition) is 1. The van der Waals surface area contributed by atoms with E-state index in [2.05, 4.69) is 0 Å². The van der Waals surface area contributed by atoms with Gasteiger partial charge in [0.2, 0.25) is 11.8 Å². The van der Waals surface area contributed by atoms with Gasteiger partial charge in [-0.2, -0.15) is 0 Å². The summed E-state index contributed by atoms with van der Waals surface area (Å²) in [6.45, 7) is 10.8. The van der Waals surface area contributed by atoms with Crippen LogP contribution < -0.4 is 5.73 Å². The Bertz CT molecular complexity index is 371. The molecule has 0 spiro atoms. The van der Waals surface area contributed by atoms with Crippen LogP contribution >= 0.6 is 0 Å². The lowest BCUT2D eigenvalue weighted by molar-refractivity contribution is -0.157. The summed E-state index contributed by atoms with van der Waals surface area (Å²) in [5.74, 6) is -0.0506. The summed E-state index contributed by atoms with van der Waals surface area (Å²) in [5, 5.41) is 0. The van der Waals surface area contributed by atoms with Crippen molar-refractivity contribution in [1.29, 1.82) is 0 Å². The van der Waals surface area contributed by atoms with Gasteiger partial charge in [0, 0.05) is 32.6 Å². The lowest BCUT2D eigenvalue weighted by Gasteiger charge is -2.45. The van der Waals surface area contributed by atoms with Crippen molar-refractivity contribution in [3.05, 3.63) is 0 Å². The lowest BCUT2D eigenvalue weighted by atomic mass is 9.84. The fourth-order valence-corrected chi connectivity index (χ4v) is 2.25. The molecule has 5 nitrogen and oxygen atoms in total. The predicted molar refractivity (Wildman–Crippen MR) is 75.5 cm³/mol. The zero-order valence-corrected chi connectivity index (χ0v) is 13.0. The third-order valence-electron chi connectivity index (χ3n) is 4.01. The van der Waals surface area contributed by atoms with E-state index in [-0.39, 0.29) is 29.7 Å². The van der Waals surface area contributed by atoms with Crippen molar-refractivity contribution in [3.8, 4) is 0 Å². The molecule has 0 aromatic rings. The maximum atomic E-state index is 12.4. The normalized spacial score (nSPS) is 21.5. The molecule has 0 aromatic heterocycles. The molecule has 0 aromatic carbocycles. The van der Waals surface area contributed by atoms with E-state index in [1.54, 1.807) is 30.7 Å². The zero-order valence-electron chi connectivity index (χ0n) is 13.0. The second-order valence-corrected chi connectivity index (χ2v) is 7.01. The first-order chi connectivity index (χ1) is 8.48. The van der Waals surface area contributed by atoms with Crippen molar-refractivity contribution < 1.29 is 9.59 Å². The van der Waals surface area contributed by atoms with Gasteiger partial charge in [-0.1, -0.05) is 20.8 Å². The molecule has 1 heterocycles. The first-order valence-corrected chi connectivity index (χ1v) is 6.79. The second kappa shape index (κ2) is 5.12. The summed E-state index contributed by atoms with van der Waals surface area (Å²) in [6, 6.07) is -0.203. The molecular formula is C14H27N3O2. The molecule has 19 heavy (non-hydrogen) atoms. The van der Waals surface area contributed by atoms with Gasteiger partial charge in [-0.25, -0.2) is 0 Å². The Morgan fingerprint density at radius 3 is 2.37 bits per heavy atom. The predicted octanol–water partition coefficient (Wildman–Crippen LogP) is 0.829. The standard InChI is InChI=1S/C14H27N3O2/c1-13(2,3)10(15)9-11(18)17-8-7-16(6)12(19)14(17,4)5/h10H,7-9,15H2,1-6H3. The van der Waals surface area contributed by atoms with E-state index >= 15 is 0 Å². The fourth-order valence-electron chi connectivity index (χ4n) is 2.25. The molecule has 1 atom stereocenters.